The third-order valence-corrected chi connectivity index (χ3v) is 2.92. The maximum atomic E-state index is 12.0. The van der Waals surface area contributed by atoms with Gasteiger partial charge in [-0.15, -0.1) is 0 Å². The number of aliphatic carboxylic acids is 1. The van der Waals surface area contributed by atoms with Crippen molar-refractivity contribution in [2.45, 2.75) is 24.9 Å². The summed E-state index contributed by atoms with van der Waals surface area (Å²) >= 11 is 0. The summed E-state index contributed by atoms with van der Waals surface area (Å²) in [5, 5.41) is 11.4. The summed E-state index contributed by atoms with van der Waals surface area (Å²) in [6.07, 6.45) is -0.163. The molecule has 0 bridgehead atoms. The lowest BCUT2D eigenvalue weighted by molar-refractivity contribution is -0.144. The predicted octanol–water partition coefficient (Wildman–Crippen LogP) is 0.209. The summed E-state index contributed by atoms with van der Waals surface area (Å²) < 4.78 is 4.43. The van der Waals surface area contributed by atoms with Gasteiger partial charge in [0.25, 0.3) is 0 Å². The molecule has 1 aromatic rings. The van der Waals surface area contributed by atoms with Crippen molar-refractivity contribution in [3.8, 4) is 0 Å². The molecule has 0 aliphatic carbocycles. The Kier molecular flexibility index (Phi) is 6.35. The quantitative estimate of drug-likeness (QED) is 0.618. The molecule has 1 aromatic carbocycles. The highest BCUT2D eigenvalue weighted by molar-refractivity contribution is 5.87. The molecular formula is C14H18N2O5. The van der Waals surface area contributed by atoms with Crippen LogP contribution in [0.5, 0.6) is 0 Å². The van der Waals surface area contributed by atoms with Crippen LogP contribution < -0.4 is 11.1 Å². The Balaban J connectivity index is 2.64. The van der Waals surface area contributed by atoms with E-state index in [1.165, 1.54) is 7.11 Å². The number of benzene rings is 1. The van der Waals surface area contributed by atoms with Crippen LogP contribution in [0.25, 0.3) is 0 Å². The number of carboxylic acids is 1. The molecule has 0 aromatic heterocycles. The number of esters is 1. The van der Waals surface area contributed by atoms with Crippen LogP contribution in [0.2, 0.25) is 0 Å². The summed E-state index contributed by atoms with van der Waals surface area (Å²) in [5.74, 6) is -2.38. The fourth-order valence-corrected chi connectivity index (χ4v) is 1.69. The summed E-state index contributed by atoms with van der Waals surface area (Å²) in [4.78, 5) is 34.1. The normalized spacial score (nSPS) is 13.0. The Hall–Kier alpha value is -2.41. The van der Waals surface area contributed by atoms with E-state index in [1.807, 2.05) is 0 Å². The second kappa shape index (κ2) is 8.01. The summed E-state index contributed by atoms with van der Waals surface area (Å²) in [7, 11) is 1.21. The Labute approximate surface area is 122 Å². The van der Waals surface area contributed by atoms with Gasteiger partial charge in [0.1, 0.15) is 12.1 Å². The van der Waals surface area contributed by atoms with Gasteiger partial charge in [-0.2, -0.15) is 0 Å². The first-order chi connectivity index (χ1) is 9.95. The summed E-state index contributed by atoms with van der Waals surface area (Å²) in [6, 6.07) is 6.44. The fourth-order valence-electron chi connectivity index (χ4n) is 1.69. The number of carbonyl (C=O) groups is 3. The number of ether oxygens (including phenoxy) is 1. The number of amides is 1. The molecule has 2 atom stereocenters. The van der Waals surface area contributed by atoms with Crippen LogP contribution in [0.1, 0.15) is 24.4 Å². The average molecular weight is 294 g/mol. The largest absolute Gasteiger partial charge is 0.480 e. The zero-order chi connectivity index (χ0) is 15.8. The average Bonchev–Trinajstić information content (AvgIpc) is 2.50. The number of hydrogen-bond donors (Lipinski definition) is 3. The van der Waals surface area contributed by atoms with Gasteiger partial charge in [-0.3, -0.25) is 9.59 Å². The minimum Gasteiger partial charge on any atom is -0.480 e. The van der Waals surface area contributed by atoms with Crippen molar-refractivity contribution in [3.05, 3.63) is 35.9 Å². The van der Waals surface area contributed by atoms with Gasteiger partial charge in [0, 0.05) is 6.42 Å². The van der Waals surface area contributed by atoms with Crippen molar-refractivity contribution in [1.29, 1.82) is 0 Å². The lowest BCUT2D eigenvalue weighted by Crippen LogP contribution is -2.45. The molecule has 0 spiro atoms. The van der Waals surface area contributed by atoms with E-state index < -0.39 is 29.9 Å². The highest BCUT2D eigenvalue weighted by atomic mass is 16.5. The fraction of sp³-hybridized carbons (Fsp3) is 0.357. The van der Waals surface area contributed by atoms with Crippen LogP contribution in [0.3, 0.4) is 0 Å². The molecule has 0 aliphatic rings. The van der Waals surface area contributed by atoms with E-state index in [1.54, 1.807) is 30.3 Å². The Morgan fingerprint density at radius 1 is 1.29 bits per heavy atom. The van der Waals surface area contributed by atoms with E-state index in [9.17, 15) is 14.4 Å². The first-order valence-corrected chi connectivity index (χ1v) is 6.36. The topological polar surface area (TPSA) is 119 Å². The molecule has 4 N–H and O–H groups in total. The van der Waals surface area contributed by atoms with E-state index >= 15 is 0 Å². The third-order valence-electron chi connectivity index (χ3n) is 2.92. The number of methoxy groups -OCH3 is 1. The molecule has 0 radical (unpaired) electrons. The monoisotopic (exact) mass is 294 g/mol. The molecule has 21 heavy (non-hydrogen) atoms. The zero-order valence-electron chi connectivity index (χ0n) is 11.6. The van der Waals surface area contributed by atoms with Crippen LogP contribution in [0, 0.1) is 0 Å². The van der Waals surface area contributed by atoms with Gasteiger partial charge in [-0.05, 0) is 12.0 Å². The second-order valence-electron chi connectivity index (χ2n) is 4.40. The van der Waals surface area contributed by atoms with Crippen molar-refractivity contribution < 1.29 is 24.2 Å². The van der Waals surface area contributed by atoms with Gasteiger partial charge in [0.05, 0.1) is 7.11 Å². The van der Waals surface area contributed by atoms with Crippen LogP contribution in [-0.2, 0) is 19.1 Å². The maximum Gasteiger partial charge on any atom is 0.326 e. The highest BCUT2D eigenvalue weighted by Gasteiger charge is 2.24. The third kappa shape index (κ3) is 5.23. The summed E-state index contributed by atoms with van der Waals surface area (Å²) in [5.41, 5.74) is 6.35. The first-order valence-electron chi connectivity index (χ1n) is 6.36. The van der Waals surface area contributed by atoms with E-state index in [0.29, 0.717) is 5.56 Å². The Bertz CT molecular complexity index is 503. The zero-order valence-corrected chi connectivity index (χ0v) is 11.6. The van der Waals surface area contributed by atoms with Crippen LogP contribution in [0.4, 0.5) is 0 Å². The van der Waals surface area contributed by atoms with Gasteiger partial charge in [0.2, 0.25) is 5.91 Å². The molecule has 0 fully saturated rings. The Morgan fingerprint density at radius 2 is 1.90 bits per heavy atom. The lowest BCUT2D eigenvalue weighted by Gasteiger charge is -2.17. The minimum absolute atomic E-state index is 0.0603. The van der Waals surface area contributed by atoms with Gasteiger partial charge < -0.3 is 20.9 Å². The molecule has 0 aliphatic heterocycles. The molecule has 0 unspecified atom stereocenters. The maximum absolute atomic E-state index is 12.0. The first kappa shape index (κ1) is 16.6. The van der Waals surface area contributed by atoms with Crippen molar-refractivity contribution in [2.24, 2.45) is 5.73 Å². The second-order valence-corrected chi connectivity index (χ2v) is 4.40. The molecule has 114 valence electrons. The van der Waals surface area contributed by atoms with Gasteiger partial charge in [-0.1, -0.05) is 30.3 Å². The van der Waals surface area contributed by atoms with Crippen LogP contribution in [0.15, 0.2) is 30.3 Å². The Morgan fingerprint density at radius 3 is 2.43 bits per heavy atom. The van der Waals surface area contributed by atoms with E-state index in [4.69, 9.17) is 10.8 Å². The van der Waals surface area contributed by atoms with Crippen LogP contribution in [-0.4, -0.2) is 36.1 Å². The van der Waals surface area contributed by atoms with Crippen molar-refractivity contribution in [1.82, 2.24) is 5.32 Å². The molecule has 0 saturated carbocycles. The lowest BCUT2D eigenvalue weighted by atomic mass is 10.1. The highest BCUT2D eigenvalue weighted by Crippen LogP contribution is 2.10. The smallest absolute Gasteiger partial charge is 0.326 e. The molecule has 1 rings (SSSR count). The van der Waals surface area contributed by atoms with E-state index in [2.05, 4.69) is 10.1 Å². The standard InChI is InChI=1S/C14H18N2O5/c1-21-11(17)8-7-10(14(19)20)16-13(18)12(15)9-5-3-2-4-6-9/h2-6,10,12H,7-8,15H2,1H3,(H,16,18)(H,19,20)/t10-,12+/m1/s1. The number of hydrogen-bond acceptors (Lipinski definition) is 5. The molecule has 1 amide bonds. The number of carboxylic acid groups (broad SMARTS) is 1. The van der Waals surface area contributed by atoms with Crippen molar-refractivity contribution in [3.63, 3.8) is 0 Å². The molecule has 0 saturated heterocycles. The van der Waals surface area contributed by atoms with Gasteiger partial charge in [-0.25, -0.2) is 4.79 Å². The summed E-state index contributed by atoms with van der Waals surface area (Å²) in [6.45, 7) is 0. The number of rotatable bonds is 7. The van der Waals surface area contributed by atoms with E-state index in [0.717, 1.165) is 0 Å². The minimum atomic E-state index is -1.23. The van der Waals surface area contributed by atoms with Crippen LogP contribution >= 0.6 is 0 Å². The van der Waals surface area contributed by atoms with Gasteiger partial charge in [0.15, 0.2) is 0 Å². The molecule has 0 heterocycles. The number of carbonyl (C=O) groups excluding carboxylic acids is 2. The number of nitrogens with two attached hydrogens (primary N) is 1. The van der Waals surface area contributed by atoms with Gasteiger partial charge >= 0.3 is 11.9 Å². The van der Waals surface area contributed by atoms with Crippen molar-refractivity contribution in [2.75, 3.05) is 7.11 Å². The molecule has 7 nitrogen and oxygen atoms in total. The predicted molar refractivity (Wildman–Crippen MR) is 74.2 cm³/mol. The molecular weight excluding hydrogens is 276 g/mol. The van der Waals surface area contributed by atoms with E-state index in [-0.39, 0.29) is 12.8 Å². The number of nitrogens with one attached hydrogen (secondary N) is 1. The molecule has 7 heteroatoms. The SMILES string of the molecule is COC(=O)CC[C@@H](NC(=O)[C@@H](N)c1ccccc1)C(=O)O. The van der Waals surface area contributed by atoms with Crippen molar-refractivity contribution >= 4 is 17.8 Å².